The van der Waals surface area contributed by atoms with E-state index < -0.39 is 23.2 Å². The fourth-order valence-corrected chi connectivity index (χ4v) is 3.52. The van der Waals surface area contributed by atoms with Crippen molar-refractivity contribution in [1.29, 1.82) is 0 Å². The van der Waals surface area contributed by atoms with E-state index in [2.05, 4.69) is 18.0 Å². The van der Waals surface area contributed by atoms with E-state index in [1.54, 1.807) is 0 Å². The molecule has 124 valence electrons. The Balaban J connectivity index is 2.22. The zero-order chi connectivity index (χ0) is 16.4. The van der Waals surface area contributed by atoms with E-state index >= 15 is 0 Å². The maximum Gasteiger partial charge on any atom is 0.339 e. The first-order valence-corrected chi connectivity index (χ1v) is 8.48. The Labute approximate surface area is 137 Å². The van der Waals surface area contributed by atoms with Gasteiger partial charge in [0.05, 0.1) is 6.10 Å². The molecule has 0 aromatic heterocycles. The normalized spacial score (nSPS) is 31.1. The summed E-state index contributed by atoms with van der Waals surface area (Å²) in [6.07, 6.45) is 7.62. The lowest BCUT2D eigenvalue weighted by Crippen LogP contribution is -2.81. The number of aliphatic hydroxyl groups is 1. The minimum absolute atomic E-state index is 0.0470. The van der Waals surface area contributed by atoms with E-state index in [-0.39, 0.29) is 5.92 Å². The van der Waals surface area contributed by atoms with Crippen LogP contribution in [0, 0.1) is 5.92 Å². The molecule has 2 N–H and O–H groups in total. The van der Waals surface area contributed by atoms with Gasteiger partial charge in [-0.2, -0.15) is 0 Å². The molecule has 0 unspecified atom stereocenters. The van der Waals surface area contributed by atoms with Crippen molar-refractivity contribution in [2.75, 3.05) is 5.88 Å². The van der Waals surface area contributed by atoms with Gasteiger partial charge in [0.15, 0.2) is 0 Å². The van der Waals surface area contributed by atoms with Gasteiger partial charge in [-0.1, -0.05) is 18.7 Å². The van der Waals surface area contributed by atoms with Gasteiger partial charge in [0.2, 0.25) is 5.54 Å². The van der Waals surface area contributed by atoms with Gasteiger partial charge in [-0.15, -0.1) is 11.6 Å². The Morgan fingerprint density at radius 1 is 1.64 bits per heavy atom. The van der Waals surface area contributed by atoms with Crippen molar-refractivity contribution in [2.24, 2.45) is 5.92 Å². The molecule has 1 aliphatic carbocycles. The van der Waals surface area contributed by atoms with Crippen molar-refractivity contribution in [1.82, 2.24) is 5.32 Å². The van der Waals surface area contributed by atoms with Crippen LogP contribution in [-0.2, 0) is 9.53 Å². The highest BCUT2D eigenvalue weighted by Crippen LogP contribution is 2.44. The summed E-state index contributed by atoms with van der Waals surface area (Å²) in [4.78, 5) is 12.3. The fourth-order valence-electron chi connectivity index (χ4n) is 3.39. The molecule has 0 aromatic rings. The van der Waals surface area contributed by atoms with E-state index in [9.17, 15) is 9.90 Å². The first-order valence-electron chi connectivity index (χ1n) is 7.95. The van der Waals surface area contributed by atoms with Gasteiger partial charge in [-0.25, -0.2) is 4.79 Å². The van der Waals surface area contributed by atoms with Crippen molar-refractivity contribution in [3.05, 3.63) is 24.4 Å². The quantitative estimate of drug-likeness (QED) is 0.429. The number of aliphatic hydroxyl groups excluding tert-OH is 1. The van der Waals surface area contributed by atoms with Crippen LogP contribution in [0.1, 0.15) is 46.0 Å². The molecular weight excluding hydrogens is 302 g/mol. The maximum absolute atomic E-state index is 12.3. The van der Waals surface area contributed by atoms with Gasteiger partial charge in [0, 0.05) is 17.5 Å². The van der Waals surface area contributed by atoms with Crippen molar-refractivity contribution >= 4 is 17.6 Å². The molecule has 1 saturated heterocycles. The van der Waals surface area contributed by atoms with Gasteiger partial charge in [-0.3, -0.25) is 0 Å². The summed E-state index contributed by atoms with van der Waals surface area (Å²) in [6, 6.07) is 0. The molecule has 4 nitrogen and oxygen atoms in total. The van der Waals surface area contributed by atoms with Crippen LogP contribution in [0.5, 0.6) is 0 Å². The van der Waals surface area contributed by atoms with Crippen LogP contribution in [0.3, 0.4) is 0 Å². The molecule has 0 saturated carbocycles. The van der Waals surface area contributed by atoms with Crippen LogP contribution in [-0.4, -0.2) is 34.2 Å². The van der Waals surface area contributed by atoms with Crippen LogP contribution in [0.25, 0.3) is 0 Å². The molecule has 22 heavy (non-hydrogen) atoms. The molecule has 0 radical (unpaired) electrons. The molecule has 0 spiro atoms. The minimum atomic E-state index is -1.14. The molecule has 0 bridgehead atoms. The Hall–Kier alpha value is -1.00. The van der Waals surface area contributed by atoms with Gasteiger partial charge >= 0.3 is 5.97 Å². The number of allylic oxidation sites excluding steroid dienone is 2. The fraction of sp³-hybridized carbons (Fsp3) is 0.706. The van der Waals surface area contributed by atoms with Gasteiger partial charge in [0.1, 0.15) is 5.60 Å². The molecule has 1 aliphatic heterocycles. The van der Waals surface area contributed by atoms with E-state index in [0.29, 0.717) is 18.0 Å². The number of alkyl halides is 1. The summed E-state index contributed by atoms with van der Waals surface area (Å²) in [5, 5.41) is 14.1. The van der Waals surface area contributed by atoms with E-state index in [0.717, 1.165) is 25.7 Å². The van der Waals surface area contributed by atoms with Crippen LogP contribution >= 0.6 is 11.6 Å². The Morgan fingerprint density at radius 2 is 2.36 bits per heavy atom. The van der Waals surface area contributed by atoms with Crippen molar-refractivity contribution in [2.45, 2.75) is 63.2 Å². The number of hydrogen-bond acceptors (Lipinski definition) is 4. The number of carbonyl (C=O) groups excluding carboxylic acids is 1. The topological polar surface area (TPSA) is 58.6 Å². The Morgan fingerprint density at radius 3 is 2.86 bits per heavy atom. The van der Waals surface area contributed by atoms with Gasteiger partial charge < -0.3 is 15.2 Å². The van der Waals surface area contributed by atoms with Crippen LogP contribution in [0.2, 0.25) is 0 Å². The number of cyclic esters (lactones) is 1. The number of rotatable bonds is 7. The highest BCUT2D eigenvalue weighted by atomic mass is 35.5. The number of nitrogens with one attached hydrogen (secondary N) is 1. The van der Waals surface area contributed by atoms with E-state index in [1.165, 1.54) is 0 Å². The first-order chi connectivity index (χ1) is 10.3. The lowest BCUT2D eigenvalue weighted by molar-refractivity contribution is -0.235. The summed E-state index contributed by atoms with van der Waals surface area (Å²) in [6.45, 7) is 7.63. The van der Waals surface area contributed by atoms with Crippen LogP contribution in [0.4, 0.5) is 0 Å². The second-order valence-electron chi connectivity index (χ2n) is 6.70. The summed E-state index contributed by atoms with van der Waals surface area (Å²) < 4.78 is 5.31. The smallest absolute Gasteiger partial charge is 0.339 e. The van der Waals surface area contributed by atoms with E-state index in [4.69, 9.17) is 16.3 Å². The molecule has 0 aromatic carbocycles. The molecule has 3 atom stereocenters. The number of halogens is 1. The minimum Gasteiger partial charge on any atom is -0.454 e. The summed E-state index contributed by atoms with van der Waals surface area (Å²) in [5.41, 5.74) is -1.20. The first kappa shape index (κ1) is 17.4. The zero-order valence-corrected chi connectivity index (χ0v) is 14.2. The van der Waals surface area contributed by atoms with Crippen LogP contribution < -0.4 is 5.32 Å². The highest BCUT2D eigenvalue weighted by molar-refractivity contribution is 6.17. The molecule has 1 fully saturated rings. The highest BCUT2D eigenvalue weighted by Gasteiger charge is 2.69. The number of ether oxygens (including phenoxy) is 1. The average molecular weight is 328 g/mol. The third-order valence-electron chi connectivity index (χ3n) is 4.75. The summed E-state index contributed by atoms with van der Waals surface area (Å²) in [7, 11) is 0. The molecule has 5 heteroatoms. The standard InChI is InChI=1S/C17H26ClNO3/c1-12(8-7-11-18)19-17(15(21)22-16(17,2)3)14(20)13-9-5-4-6-10-13/h5,9,13-14,19-20H,1,4,6-8,10-11H2,2-3H3/t13-,14-,17+/m1/s1. The number of carbonyl (C=O) groups is 1. The maximum atomic E-state index is 12.3. The third-order valence-corrected chi connectivity index (χ3v) is 5.01. The van der Waals surface area contributed by atoms with Gasteiger partial charge in [0.25, 0.3) is 0 Å². The second-order valence-corrected chi connectivity index (χ2v) is 7.07. The zero-order valence-electron chi connectivity index (χ0n) is 13.4. The molecule has 2 aliphatic rings. The van der Waals surface area contributed by atoms with Crippen LogP contribution in [0.15, 0.2) is 24.4 Å². The summed E-state index contributed by atoms with van der Waals surface area (Å²) >= 11 is 5.71. The van der Waals surface area contributed by atoms with Gasteiger partial charge in [-0.05, 0) is 46.0 Å². The summed E-state index contributed by atoms with van der Waals surface area (Å²) in [5.74, 6) is 0.0836. The number of hydrogen-bond donors (Lipinski definition) is 2. The lowest BCUT2D eigenvalue weighted by atomic mass is 9.67. The second kappa shape index (κ2) is 6.63. The predicted molar refractivity (Wildman–Crippen MR) is 87.6 cm³/mol. The molecule has 1 heterocycles. The average Bonchev–Trinajstić information content (AvgIpc) is 2.50. The molecule has 2 rings (SSSR count). The third kappa shape index (κ3) is 2.91. The molecule has 0 amide bonds. The number of esters is 1. The predicted octanol–water partition coefficient (Wildman–Crippen LogP) is 2.90. The van der Waals surface area contributed by atoms with Crippen molar-refractivity contribution in [3.8, 4) is 0 Å². The Bertz CT molecular complexity index is 475. The SMILES string of the molecule is C=C(CCCCl)N[C@@]1([C@H](O)[C@@H]2C=CCCC2)C(=O)OC1(C)C. The van der Waals surface area contributed by atoms with Crippen molar-refractivity contribution < 1.29 is 14.6 Å². The monoisotopic (exact) mass is 327 g/mol. The van der Waals surface area contributed by atoms with Crippen molar-refractivity contribution in [3.63, 3.8) is 0 Å². The molecular formula is C17H26ClNO3. The lowest BCUT2D eigenvalue weighted by Gasteiger charge is -2.57. The Kier molecular flexibility index (Phi) is 5.23. The van der Waals surface area contributed by atoms with E-state index in [1.807, 2.05) is 19.9 Å². The largest absolute Gasteiger partial charge is 0.454 e.